The number of piperazine rings is 1. The van der Waals surface area contributed by atoms with Crippen molar-refractivity contribution in [3.05, 3.63) is 22.7 Å². The van der Waals surface area contributed by atoms with Crippen molar-refractivity contribution in [1.29, 1.82) is 0 Å². The Kier molecular flexibility index (Phi) is 4.65. The van der Waals surface area contributed by atoms with Gasteiger partial charge in [0.1, 0.15) is 10.5 Å². The number of fused-ring (bicyclic) bond motifs is 1. The zero-order chi connectivity index (χ0) is 19.2. The second-order valence-corrected chi connectivity index (χ2v) is 7.34. The molecule has 11 heteroatoms. The molecule has 4 rings (SSSR count). The van der Waals surface area contributed by atoms with E-state index in [2.05, 4.69) is 20.0 Å². The highest BCUT2D eigenvalue weighted by molar-refractivity contribution is 7.13. The highest BCUT2D eigenvalue weighted by Gasteiger charge is 2.36. The Hall–Kier alpha value is -2.04. The standard InChI is InChI=1S/C16H14ClF3N4O2S/c1-8-7-21-2-4-24(8)15-23-10-6-9(17)12(26-16(18,19)20)11(13(10)25-15)14-22-3-5-27-14/h3,5-6,8,21H,2,4,7H2,1H3. The fraction of sp³-hybridized carbons (Fsp3) is 0.375. The molecule has 2 aromatic heterocycles. The van der Waals surface area contributed by atoms with Gasteiger partial charge < -0.3 is 19.4 Å². The molecule has 27 heavy (non-hydrogen) atoms. The first-order valence-corrected chi connectivity index (χ1v) is 9.35. The summed E-state index contributed by atoms with van der Waals surface area (Å²) in [6.45, 7) is 4.18. The SMILES string of the molecule is CC1CNCCN1c1nc2cc(Cl)c(OC(F)(F)F)c(-c3nccs3)c2o1. The molecule has 0 bridgehead atoms. The van der Waals surface area contributed by atoms with E-state index in [9.17, 15) is 13.2 Å². The summed E-state index contributed by atoms with van der Waals surface area (Å²) in [4.78, 5) is 10.5. The topological polar surface area (TPSA) is 63.4 Å². The van der Waals surface area contributed by atoms with Crippen LogP contribution in [0.5, 0.6) is 5.75 Å². The molecule has 144 valence electrons. The van der Waals surface area contributed by atoms with Crippen molar-refractivity contribution in [2.24, 2.45) is 0 Å². The van der Waals surface area contributed by atoms with Crippen molar-refractivity contribution < 1.29 is 22.3 Å². The van der Waals surface area contributed by atoms with Crippen LogP contribution in [0, 0.1) is 0 Å². The predicted molar refractivity (Wildman–Crippen MR) is 96.5 cm³/mol. The zero-order valence-electron chi connectivity index (χ0n) is 14.0. The molecule has 0 saturated carbocycles. The average Bonchev–Trinajstić information content (AvgIpc) is 3.24. The fourth-order valence-electron chi connectivity index (χ4n) is 3.01. The number of benzene rings is 1. The number of thiazole rings is 1. The minimum atomic E-state index is -4.90. The van der Waals surface area contributed by atoms with Gasteiger partial charge in [-0.1, -0.05) is 11.6 Å². The summed E-state index contributed by atoms with van der Waals surface area (Å²) >= 11 is 7.26. The summed E-state index contributed by atoms with van der Waals surface area (Å²) in [6.07, 6.45) is -3.42. The van der Waals surface area contributed by atoms with Crippen LogP contribution in [0.4, 0.5) is 19.2 Å². The van der Waals surface area contributed by atoms with Crippen LogP contribution < -0.4 is 15.0 Å². The van der Waals surface area contributed by atoms with E-state index in [0.29, 0.717) is 23.1 Å². The summed E-state index contributed by atoms with van der Waals surface area (Å²) in [5.74, 6) is -0.539. The minimum absolute atomic E-state index is 0.0476. The van der Waals surface area contributed by atoms with Crippen molar-refractivity contribution >= 4 is 40.1 Å². The number of alkyl halides is 3. The largest absolute Gasteiger partial charge is 0.573 e. The van der Waals surface area contributed by atoms with E-state index in [1.165, 1.54) is 12.3 Å². The lowest BCUT2D eigenvalue weighted by atomic mass is 10.2. The van der Waals surface area contributed by atoms with Gasteiger partial charge >= 0.3 is 6.36 Å². The van der Waals surface area contributed by atoms with Gasteiger partial charge in [-0.25, -0.2) is 4.98 Å². The van der Waals surface area contributed by atoms with Gasteiger partial charge in [0.25, 0.3) is 6.01 Å². The van der Waals surface area contributed by atoms with E-state index >= 15 is 0 Å². The second-order valence-electron chi connectivity index (χ2n) is 6.04. The molecule has 1 aromatic carbocycles. The summed E-state index contributed by atoms with van der Waals surface area (Å²) in [7, 11) is 0. The van der Waals surface area contributed by atoms with Gasteiger partial charge in [0.15, 0.2) is 11.3 Å². The van der Waals surface area contributed by atoms with E-state index in [-0.39, 0.29) is 22.2 Å². The highest BCUT2D eigenvalue weighted by Crippen LogP contribution is 2.46. The van der Waals surface area contributed by atoms with Crippen molar-refractivity contribution in [2.45, 2.75) is 19.3 Å². The van der Waals surface area contributed by atoms with E-state index in [1.54, 1.807) is 5.38 Å². The van der Waals surface area contributed by atoms with Gasteiger partial charge in [0, 0.05) is 37.3 Å². The van der Waals surface area contributed by atoms with Gasteiger partial charge in [-0.15, -0.1) is 24.5 Å². The van der Waals surface area contributed by atoms with Crippen LogP contribution in [-0.2, 0) is 0 Å². The predicted octanol–water partition coefficient (Wildman–Crippen LogP) is 4.30. The molecular weight excluding hydrogens is 405 g/mol. The second kappa shape index (κ2) is 6.84. The molecule has 3 heterocycles. The summed E-state index contributed by atoms with van der Waals surface area (Å²) in [5, 5.41) is 5.00. The number of rotatable bonds is 3. The van der Waals surface area contributed by atoms with Crippen LogP contribution >= 0.6 is 22.9 Å². The molecule has 1 atom stereocenters. The van der Waals surface area contributed by atoms with Crippen molar-refractivity contribution in [3.8, 4) is 16.3 Å². The molecular formula is C16H14ClF3N4O2S. The number of hydrogen-bond donors (Lipinski definition) is 1. The maximum absolute atomic E-state index is 12.9. The normalized spacial score (nSPS) is 18.3. The molecule has 1 unspecified atom stereocenters. The van der Waals surface area contributed by atoms with Crippen LogP contribution in [-0.4, -0.2) is 42.0 Å². The summed E-state index contributed by atoms with van der Waals surface area (Å²) in [6, 6.07) is 1.77. The third kappa shape index (κ3) is 3.56. The number of oxazole rings is 1. The van der Waals surface area contributed by atoms with E-state index in [1.807, 2.05) is 11.8 Å². The van der Waals surface area contributed by atoms with Crippen LogP contribution in [0.15, 0.2) is 22.1 Å². The number of halogens is 4. The maximum Gasteiger partial charge on any atom is 0.573 e. The van der Waals surface area contributed by atoms with Gasteiger partial charge in [-0.3, -0.25) is 0 Å². The van der Waals surface area contributed by atoms with Crippen molar-refractivity contribution in [1.82, 2.24) is 15.3 Å². The molecule has 0 aliphatic carbocycles. The van der Waals surface area contributed by atoms with E-state index < -0.39 is 12.1 Å². The summed E-state index contributed by atoms with van der Waals surface area (Å²) < 4.78 is 48.9. The minimum Gasteiger partial charge on any atom is -0.422 e. The van der Waals surface area contributed by atoms with Gasteiger partial charge in [0.05, 0.1) is 10.6 Å². The lowest BCUT2D eigenvalue weighted by molar-refractivity contribution is -0.274. The Bertz CT molecular complexity index is 961. The lowest BCUT2D eigenvalue weighted by Gasteiger charge is -2.32. The Morgan fingerprint density at radius 3 is 2.93 bits per heavy atom. The molecule has 1 saturated heterocycles. The molecule has 0 radical (unpaired) electrons. The van der Waals surface area contributed by atoms with Crippen LogP contribution in [0.2, 0.25) is 5.02 Å². The Morgan fingerprint density at radius 2 is 2.26 bits per heavy atom. The average molecular weight is 419 g/mol. The molecule has 1 fully saturated rings. The Morgan fingerprint density at radius 1 is 1.44 bits per heavy atom. The number of anilines is 1. The number of aromatic nitrogens is 2. The van der Waals surface area contributed by atoms with Gasteiger partial charge in [-0.05, 0) is 13.0 Å². The van der Waals surface area contributed by atoms with Crippen LogP contribution in [0.1, 0.15) is 6.92 Å². The van der Waals surface area contributed by atoms with Crippen molar-refractivity contribution in [3.63, 3.8) is 0 Å². The smallest absolute Gasteiger partial charge is 0.422 e. The third-order valence-electron chi connectivity index (χ3n) is 4.19. The first kappa shape index (κ1) is 18.3. The highest BCUT2D eigenvalue weighted by atomic mass is 35.5. The van der Waals surface area contributed by atoms with Gasteiger partial charge in [0.2, 0.25) is 0 Å². The zero-order valence-corrected chi connectivity index (χ0v) is 15.6. The van der Waals surface area contributed by atoms with Crippen molar-refractivity contribution in [2.75, 3.05) is 24.5 Å². The van der Waals surface area contributed by atoms with E-state index in [4.69, 9.17) is 16.0 Å². The number of ether oxygens (including phenoxy) is 1. The first-order valence-electron chi connectivity index (χ1n) is 8.09. The monoisotopic (exact) mass is 418 g/mol. The fourth-order valence-corrected chi connectivity index (χ4v) is 3.92. The maximum atomic E-state index is 12.9. The molecule has 1 aliphatic heterocycles. The molecule has 3 aromatic rings. The quantitative estimate of drug-likeness (QED) is 0.684. The third-order valence-corrected chi connectivity index (χ3v) is 5.26. The molecule has 1 aliphatic rings. The number of nitrogens with one attached hydrogen (secondary N) is 1. The van der Waals surface area contributed by atoms with E-state index in [0.717, 1.165) is 24.4 Å². The summed E-state index contributed by atoms with van der Waals surface area (Å²) in [5.41, 5.74) is 0.557. The lowest BCUT2D eigenvalue weighted by Crippen LogP contribution is -2.50. The van der Waals surface area contributed by atoms with Crippen LogP contribution in [0.3, 0.4) is 0 Å². The Balaban J connectivity index is 1.91. The molecule has 0 spiro atoms. The molecule has 1 N–H and O–H groups in total. The molecule has 0 amide bonds. The Labute approximate surface area is 160 Å². The number of hydrogen-bond acceptors (Lipinski definition) is 7. The van der Waals surface area contributed by atoms with Gasteiger partial charge in [-0.2, -0.15) is 4.98 Å². The molecule has 6 nitrogen and oxygen atoms in total. The number of nitrogens with zero attached hydrogens (tertiary/aromatic N) is 3. The van der Waals surface area contributed by atoms with Crippen LogP contribution in [0.25, 0.3) is 21.7 Å². The first-order chi connectivity index (χ1) is 12.8.